The zero-order valence-electron chi connectivity index (χ0n) is 12.6. The van der Waals surface area contributed by atoms with Gasteiger partial charge in [0, 0.05) is 0 Å². The van der Waals surface area contributed by atoms with E-state index in [0.29, 0.717) is 0 Å². The SMILES string of the molecule is CC(C)(C)c1ccc(C(=O)[O-])cc1.C[N+](C)(C)C. The predicted molar refractivity (Wildman–Crippen MR) is 73.4 cm³/mol. The highest BCUT2D eigenvalue weighted by molar-refractivity contribution is 5.85. The number of carboxylic acid groups (broad SMARTS) is 1. The molecule has 0 bridgehead atoms. The van der Waals surface area contributed by atoms with Gasteiger partial charge in [-0.1, -0.05) is 45.0 Å². The number of hydrogen-bond donors (Lipinski definition) is 0. The van der Waals surface area contributed by atoms with Crippen molar-refractivity contribution >= 4 is 5.97 Å². The van der Waals surface area contributed by atoms with E-state index in [1.165, 1.54) is 0 Å². The summed E-state index contributed by atoms with van der Waals surface area (Å²) in [5.74, 6) is -1.12. The van der Waals surface area contributed by atoms with Gasteiger partial charge in [-0.15, -0.1) is 0 Å². The van der Waals surface area contributed by atoms with Crippen molar-refractivity contribution in [3.63, 3.8) is 0 Å². The predicted octanol–water partition coefficient (Wildman–Crippen LogP) is 1.67. The van der Waals surface area contributed by atoms with Crippen molar-refractivity contribution in [1.82, 2.24) is 0 Å². The van der Waals surface area contributed by atoms with Gasteiger partial charge in [0.05, 0.1) is 34.2 Å². The Kier molecular flexibility index (Phi) is 5.55. The van der Waals surface area contributed by atoms with Crippen LogP contribution in [0.4, 0.5) is 0 Å². The first-order chi connectivity index (χ1) is 7.91. The van der Waals surface area contributed by atoms with Gasteiger partial charge in [-0.05, 0) is 16.5 Å². The highest BCUT2D eigenvalue weighted by atomic mass is 16.4. The quantitative estimate of drug-likeness (QED) is 0.712. The topological polar surface area (TPSA) is 40.1 Å². The van der Waals surface area contributed by atoms with E-state index in [0.717, 1.165) is 10.0 Å². The fourth-order valence-corrected chi connectivity index (χ4v) is 1.11. The number of rotatable bonds is 1. The van der Waals surface area contributed by atoms with Crippen LogP contribution < -0.4 is 5.11 Å². The van der Waals surface area contributed by atoms with Crippen LogP contribution in [0.2, 0.25) is 0 Å². The van der Waals surface area contributed by atoms with Gasteiger partial charge in [-0.25, -0.2) is 0 Å². The molecule has 0 saturated carbocycles. The summed E-state index contributed by atoms with van der Waals surface area (Å²) in [6.07, 6.45) is 0. The summed E-state index contributed by atoms with van der Waals surface area (Å²) in [4.78, 5) is 10.5. The van der Waals surface area contributed by atoms with E-state index < -0.39 is 5.97 Å². The molecule has 0 fully saturated rings. The minimum absolute atomic E-state index is 0.0600. The number of carboxylic acids is 1. The summed E-state index contributed by atoms with van der Waals surface area (Å²) < 4.78 is 1.00. The van der Waals surface area contributed by atoms with Gasteiger partial charge in [0.2, 0.25) is 0 Å². The van der Waals surface area contributed by atoms with Gasteiger partial charge in [0.15, 0.2) is 0 Å². The Morgan fingerprint density at radius 3 is 1.56 bits per heavy atom. The van der Waals surface area contributed by atoms with Crippen molar-refractivity contribution < 1.29 is 14.4 Å². The van der Waals surface area contributed by atoms with Gasteiger partial charge in [-0.2, -0.15) is 0 Å². The summed E-state index contributed by atoms with van der Waals surface area (Å²) in [5.41, 5.74) is 1.41. The lowest BCUT2D eigenvalue weighted by atomic mass is 9.87. The molecule has 18 heavy (non-hydrogen) atoms. The Morgan fingerprint density at radius 1 is 1.00 bits per heavy atom. The summed E-state index contributed by atoms with van der Waals surface area (Å²) in [5, 5.41) is 10.5. The molecule has 0 heterocycles. The molecule has 1 rings (SSSR count). The molecule has 0 N–H and O–H groups in total. The van der Waals surface area contributed by atoms with Crippen LogP contribution in [-0.2, 0) is 5.41 Å². The third-order valence-electron chi connectivity index (χ3n) is 1.99. The molecule has 0 spiro atoms. The average molecular weight is 251 g/mol. The fourth-order valence-electron chi connectivity index (χ4n) is 1.11. The lowest BCUT2D eigenvalue weighted by molar-refractivity contribution is -0.849. The molecule has 1 aromatic carbocycles. The van der Waals surface area contributed by atoms with E-state index >= 15 is 0 Å². The molecule has 3 nitrogen and oxygen atoms in total. The summed E-state index contributed by atoms with van der Waals surface area (Å²) in [7, 11) is 8.50. The van der Waals surface area contributed by atoms with Crippen LogP contribution in [0.1, 0.15) is 36.7 Å². The van der Waals surface area contributed by atoms with E-state index in [1.54, 1.807) is 12.1 Å². The number of hydrogen-bond acceptors (Lipinski definition) is 2. The van der Waals surface area contributed by atoms with E-state index in [-0.39, 0.29) is 11.0 Å². The monoisotopic (exact) mass is 251 g/mol. The van der Waals surface area contributed by atoms with Crippen molar-refractivity contribution in [2.45, 2.75) is 26.2 Å². The third kappa shape index (κ3) is 7.85. The van der Waals surface area contributed by atoms with Crippen LogP contribution in [0.5, 0.6) is 0 Å². The van der Waals surface area contributed by atoms with Gasteiger partial charge in [-0.3, -0.25) is 0 Å². The molecule has 0 atom stereocenters. The summed E-state index contributed by atoms with van der Waals surface area (Å²) >= 11 is 0. The van der Waals surface area contributed by atoms with Crippen LogP contribution in [0.25, 0.3) is 0 Å². The Hall–Kier alpha value is -1.35. The summed E-state index contributed by atoms with van der Waals surface area (Å²) in [6, 6.07) is 6.81. The molecule has 3 heteroatoms. The Balaban J connectivity index is 0.000000494. The second kappa shape index (κ2) is 6.01. The van der Waals surface area contributed by atoms with Crippen LogP contribution in [-0.4, -0.2) is 38.6 Å². The van der Waals surface area contributed by atoms with Gasteiger partial charge >= 0.3 is 0 Å². The molecule has 0 aliphatic rings. The fraction of sp³-hybridized carbons (Fsp3) is 0.533. The maximum atomic E-state index is 10.5. The maximum Gasteiger partial charge on any atom is 0.0715 e. The molecule has 0 unspecified atom stereocenters. The van der Waals surface area contributed by atoms with Crippen LogP contribution in [0, 0.1) is 0 Å². The normalized spacial score (nSPS) is 11.5. The number of carbonyl (C=O) groups is 1. The number of benzene rings is 1. The number of nitrogens with zero attached hydrogens (tertiary/aromatic N) is 1. The molecule has 0 aromatic heterocycles. The standard InChI is InChI=1S/C11H14O2.C4H12N/c1-11(2,3)9-6-4-8(5-7-9)10(12)13;1-5(2,3)4/h4-7H,1-3H3,(H,12,13);1-4H3/q;+1/p-1. The minimum Gasteiger partial charge on any atom is -0.545 e. The van der Waals surface area contributed by atoms with Crippen molar-refractivity contribution in [2.75, 3.05) is 28.2 Å². The molecular weight excluding hydrogens is 226 g/mol. The highest BCUT2D eigenvalue weighted by Gasteiger charge is 2.12. The van der Waals surface area contributed by atoms with Crippen LogP contribution >= 0.6 is 0 Å². The Bertz CT molecular complexity index is 374. The molecule has 0 aliphatic heterocycles. The Labute approximate surface area is 111 Å². The third-order valence-corrected chi connectivity index (χ3v) is 1.99. The van der Waals surface area contributed by atoms with Gasteiger partial charge in [0.25, 0.3) is 0 Å². The summed E-state index contributed by atoms with van der Waals surface area (Å²) in [6.45, 7) is 6.25. The zero-order chi connectivity index (χ0) is 14.6. The van der Waals surface area contributed by atoms with E-state index in [4.69, 9.17) is 0 Å². The first kappa shape index (κ1) is 16.6. The van der Waals surface area contributed by atoms with Crippen molar-refractivity contribution in [3.8, 4) is 0 Å². The second-order valence-electron chi connectivity index (χ2n) is 6.80. The molecule has 102 valence electrons. The van der Waals surface area contributed by atoms with Crippen molar-refractivity contribution in [3.05, 3.63) is 35.4 Å². The zero-order valence-corrected chi connectivity index (χ0v) is 12.6. The van der Waals surface area contributed by atoms with Crippen molar-refractivity contribution in [2.24, 2.45) is 0 Å². The van der Waals surface area contributed by atoms with Gasteiger partial charge < -0.3 is 14.4 Å². The molecule has 0 saturated heterocycles. The first-order valence-electron chi connectivity index (χ1n) is 6.02. The molecule has 0 radical (unpaired) electrons. The molecule has 0 amide bonds. The highest BCUT2D eigenvalue weighted by Crippen LogP contribution is 2.21. The number of aromatic carboxylic acids is 1. The van der Waals surface area contributed by atoms with Crippen LogP contribution in [0.3, 0.4) is 0 Å². The average Bonchev–Trinajstić information content (AvgIpc) is 2.14. The lowest BCUT2D eigenvalue weighted by Crippen LogP contribution is -2.27. The minimum atomic E-state index is -1.12. The number of carbonyl (C=O) groups excluding carboxylic acids is 1. The second-order valence-corrected chi connectivity index (χ2v) is 6.80. The smallest absolute Gasteiger partial charge is 0.0715 e. The lowest BCUT2D eigenvalue weighted by Gasteiger charge is -2.19. The van der Waals surface area contributed by atoms with E-state index in [1.807, 2.05) is 12.1 Å². The molecule has 1 aromatic rings. The molecule has 0 aliphatic carbocycles. The number of quaternary nitrogens is 1. The van der Waals surface area contributed by atoms with E-state index in [2.05, 4.69) is 49.0 Å². The van der Waals surface area contributed by atoms with E-state index in [9.17, 15) is 9.90 Å². The maximum absolute atomic E-state index is 10.5. The Morgan fingerprint density at radius 2 is 1.33 bits per heavy atom. The molecular formula is C15H25NO2. The van der Waals surface area contributed by atoms with Gasteiger partial charge in [0.1, 0.15) is 0 Å². The van der Waals surface area contributed by atoms with Crippen molar-refractivity contribution in [1.29, 1.82) is 0 Å². The van der Waals surface area contributed by atoms with Crippen LogP contribution in [0.15, 0.2) is 24.3 Å². The largest absolute Gasteiger partial charge is 0.545 e. The first-order valence-corrected chi connectivity index (χ1v) is 6.02.